The summed E-state index contributed by atoms with van der Waals surface area (Å²) in [4.78, 5) is 34.8. The number of nitro benzene ring substituents is 1. The van der Waals surface area contributed by atoms with Gasteiger partial charge in [-0.1, -0.05) is 36.4 Å². The molecule has 2 aromatic rings. The minimum atomic E-state index is -1.04. The maximum atomic E-state index is 12.2. The smallest absolute Gasteiger partial charge is 0.339 e. The second kappa shape index (κ2) is 9.86. The molecule has 0 saturated heterocycles. The summed E-state index contributed by atoms with van der Waals surface area (Å²) in [7, 11) is 0. The molecule has 8 heteroatoms. The standard InChI is InChI=1S/C20H21N3O5/c1-3-11-21-19(24)14(2)28-20(25)16-9-10-17(18(12-16)23(26)27)22-13-15-7-5-4-6-8-15/h3-10,12,14,22H,1,11,13H2,2H3,(H,21,24)/t14-/m1/s1. The zero-order chi connectivity index (χ0) is 20.5. The first-order chi connectivity index (χ1) is 13.4. The predicted octanol–water partition coefficient (Wildman–Crippen LogP) is 3.05. The Morgan fingerprint density at radius 2 is 1.96 bits per heavy atom. The first-order valence-electron chi connectivity index (χ1n) is 8.58. The number of nitrogens with one attached hydrogen (secondary N) is 2. The van der Waals surface area contributed by atoms with Gasteiger partial charge in [0.1, 0.15) is 5.69 Å². The van der Waals surface area contributed by atoms with E-state index >= 15 is 0 Å². The number of benzene rings is 2. The van der Waals surface area contributed by atoms with Crippen molar-refractivity contribution in [3.8, 4) is 0 Å². The van der Waals surface area contributed by atoms with Crippen LogP contribution in [-0.2, 0) is 16.1 Å². The lowest BCUT2D eigenvalue weighted by Gasteiger charge is -2.13. The van der Waals surface area contributed by atoms with Crippen molar-refractivity contribution in [2.24, 2.45) is 0 Å². The Kier molecular flexibility index (Phi) is 7.27. The Bertz CT molecular complexity index is 867. The van der Waals surface area contributed by atoms with E-state index in [1.165, 1.54) is 25.1 Å². The number of carbonyl (C=O) groups is 2. The summed E-state index contributed by atoms with van der Waals surface area (Å²) in [5.41, 5.74) is 0.969. The Labute approximate surface area is 162 Å². The quantitative estimate of drug-likeness (QED) is 0.298. The van der Waals surface area contributed by atoms with Crippen molar-refractivity contribution in [3.63, 3.8) is 0 Å². The van der Waals surface area contributed by atoms with Gasteiger partial charge >= 0.3 is 5.97 Å². The fourth-order valence-corrected chi connectivity index (χ4v) is 2.35. The van der Waals surface area contributed by atoms with Crippen molar-refractivity contribution in [1.29, 1.82) is 0 Å². The summed E-state index contributed by atoms with van der Waals surface area (Å²) >= 11 is 0. The average molecular weight is 383 g/mol. The number of carbonyl (C=O) groups excluding carboxylic acids is 2. The van der Waals surface area contributed by atoms with Gasteiger partial charge in [-0.05, 0) is 24.6 Å². The van der Waals surface area contributed by atoms with Crippen molar-refractivity contribution >= 4 is 23.3 Å². The lowest BCUT2D eigenvalue weighted by Crippen LogP contribution is -2.35. The molecule has 0 aliphatic carbocycles. The first-order valence-corrected chi connectivity index (χ1v) is 8.58. The summed E-state index contributed by atoms with van der Waals surface area (Å²) in [6, 6.07) is 13.4. The third-order valence-corrected chi connectivity index (χ3v) is 3.83. The van der Waals surface area contributed by atoms with Crippen molar-refractivity contribution in [2.45, 2.75) is 19.6 Å². The molecular formula is C20H21N3O5. The van der Waals surface area contributed by atoms with E-state index in [1.807, 2.05) is 30.3 Å². The van der Waals surface area contributed by atoms with Gasteiger partial charge in [0.25, 0.3) is 11.6 Å². The molecule has 0 spiro atoms. The molecule has 0 aromatic heterocycles. The van der Waals surface area contributed by atoms with E-state index in [2.05, 4.69) is 17.2 Å². The average Bonchev–Trinajstić information content (AvgIpc) is 2.70. The van der Waals surface area contributed by atoms with E-state index in [0.717, 1.165) is 11.6 Å². The fourth-order valence-electron chi connectivity index (χ4n) is 2.35. The summed E-state index contributed by atoms with van der Waals surface area (Å²) in [6.07, 6.45) is 0.458. The number of esters is 1. The molecule has 0 fully saturated rings. The van der Waals surface area contributed by atoms with Gasteiger partial charge < -0.3 is 15.4 Å². The Balaban J connectivity index is 2.10. The topological polar surface area (TPSA) is 111 Å². The lowest BCUT2D eigenvalue weighted by molar-refractivity contribution is -0.384. The number of hydrogen-bond donors (Lipinski definition) is 2. The van der Waals surface area contributed by atoms with Crippen LogP contribution in [0, 0.1) is 10.1 Å². The zero-order valence-electron chi connectivity index (χ0n) is 15.4. The Hall–Kier alpha value is -3.68. The first kappa shape index (κ1) is 20.6. The molecule has 0 saturated carbocycles. The van der Waals surface area contributed by atoms with Crippen molar-refractivity contribution in [3.05, 3.63) is 82.4 Å². The van der Waals surface area contributed by atoms with Gasteiger partial charge in [-0.15, -0.1) is 6.58 Å². The molecule has 28 heavy (non-hydrogen) atoms. The maximum Gasteiger partial charge on any atom is 0.339 e. The van der Waals surface area contributed by atoms with E-state index in [-0.39, 0.29) is 23.5 Å². The van der Waals surface area contributed by atoms with Crippen LogP contribution in [0.1, 0.15) is 22.8 Å². The third-order valence-electron chi connectivity index (χ3n) is 3.83. The highest BCUT2D eigenvalue weighted by Crippen LogP contribution is 2.26. The molecule has 0 aliphatic heterocycles. The van der Waals surface area contributed by atoms with E-state index < -0.39 is 22.9 Å². The Morgan fingerprint density at radius 1 is 1.25 bits per heavy atom. The number of hydrogen-bond acceptors (Lipinski definition) is 6. The molecular weight excluding hydrogens is 362 g/mol. The van der Waals surface area contributed by atoms with Crippen LogP contribution in [0.5, 0.6) is 0 Å². The predicted molar refractivity (Wildman–Crippen MR) is 105 cm³/mol. The maximum absolute atomic E-state index is 12.2. The molecule has 0 unspecified atom stereocenters. The summed E-state index contributed by atoms with van der Waals surface area (Å²) in [5, 5.41) is 16.9. The van der Waals surface area contributed by atoms with Crippen LogP contribution in [-0.4, -0.2) is 29.4 Å². The second-order valence-electron chi connectivity index (χ2n) is 5.91. The van der Waals surface area contributed by atoms with Crippen LogP contribution >= 0.6 is 0 Å². The molecule has 2 N–H and O–H groups in total. The summed E-state index contributed by atoms with van der Waals surface area (Å²) in [5.74, 6) is -1.30. The van der Waals surface area contributed by atoms with Gasteiger partial charge in [0.2, 0.25) is 0 Å². The monoisotopic (exact) mass is 383 g/mol. The van der Waals surface area contributed by atoms with Crippen LogP contribution < -0.4 is 10.6 Å². The van der Waals surface area contributed by atoms with Gasteiger partial charge in [-0.25, -0.2) is 4.79 Å². The van der Waals surface area contributed by atoms with E-state index in [1.54, 1.807) is 0 Å². The molecule has 2 aromatic carbocycles. The molecule has 8 nitrogen and oxygen atoms in total. The number of amides is 1. The number of nitrogens with zero attached hydrogens (tertiary/aromatic N) is 1. The normalized spacial score (nSPS) is 11.2. The van der Waals surface area contributed by atoms with Crippen LogP contribution in [0.2, 0.25) is 0 Å². The van der Waals surface area contributed by atoms with E-state index in [4.69, 9.17) is 4.74 Å². The van der Waals surface area contributed by atoms with E-state index in [9.17, 15) is 19.7 Å². The van der Waals surface area contributed by atoms with Crippen molar-refractivity contribution < 1.29 is 19.2 Å². The molecule has 0 aliphatic rings. The highest BCUT2D eigenvalue weighted by molar-refractivity contribution is 5.93. The second-order valence-corrected chi connectivity index (χ2v) is 5.91. The number of rotatable bonds is 9. The molecule has 1 atom stereocenters. The number of ether oxygens (including phenoxy) is 1. The largest absolute Gasteiger partial charge is 0.449 e. The SMILES string of the molecule is C=CCNC(=O)[C@@H](C)OC(=O)c1ccc(NCc2ccccc2)c([N+](=O)[O-])c1. The minimum Gasteiger partial charge on any atom is -0.449 e. The van der Waals surface area contributed by atoms with Gasteiger partial charge in [-0.3, -0.25) is 14.9 Å². The molecule has 1 amide bonds. The molecule has 146 valence electrons. The molecule has 0 heterocycles. The number of anilines is 1. The lowest BCUT2D eigenvalue weighted by atomic mass is 10.1. The Morgan fingerprint density at radius 3 is 2.61 bits per heavy atom. The summed E-state index contributed by atoms with van der Waals surface area (Å²) in [6.45, 7) is 5.53. The van der Waals surface area contributed by atoms with Crippen LogP contribution in [0.3, 0.4) is 0 Å². The van der Waals surface area contributed by atoms with Gasteiger partial charge in [0, 0.05) is 19.2 Å². The highest BCUT2D eigenvalue weighted by Gasteiger charge is 2.22. The minimum absolute atomic E-state index is 0.0136. The van der Waals surface area contributed by atoms with Crippen LogP contribution in [0.15, 0.2) is 61.2 Å². The van der Waals surface area contributed by atoms with E-state index in [0.29, 0.717) is 6.54 Å². The molecule has 2 rings (SSSR count). The summed E-state index contributed by atoms with van der Waals surface area (Å²) < 4.78 is 5.07. The van der Waals surface area contributed by atoms with Gasteiger partial charge in [0.15, 0.2) is 6.10 Å². The molecule has 0 bridgehead atoms. The fraction of sp³-hybridized carbons (Fsp3) is 0.200. The van der Waals surface area contributed by atoms with Crippen molar-refractivity contribution in [2.75, 3.05) is 11.9 Å². The van der Waals surface area contributed by atoms with Crippen LogP contribution in [0.4, 0.5) is 11.4 Å². The van der Waals surface area contributed by atoms with Crippen molar-refractivity contribution in [1.82, 2.24) is 5.32 Å². The van der Waals surface area contributed by atoms with Gasteiger partial charge in [-0.2, -0.15) is 0 Å². The highest BCUT2D eigenvalue weighted by atomic mass is 16.6. The van der Waals surface area contributed by atoms with Crippen LogP contribution in [0.25, 0.3) is 0 Å². The van der Waals surface area contributed by atoms with Gasteiger partial charge in [0.05, 0.1) is 10.5 Å². The molecule has 0 radical (unpaired) electrons. The number of nitro groups is 1. The third kappa shape index (κ3) is 5.66. The zero-order valence-corrected chi connectivity index (χ0v) is 15.4.